The van der Waals surface area contributed by atoms with Crippen LogP contribution < -0.4 is 5.73 Å². The normalized spacial score (nSPS) is 25.4. The number of aromatic nitrogens is 1. The van der Waals surface area contributed by atoms with Crippen molar-refractivity contribution >= 4 is 11.3 Å². The molecule has 0 atom stereocenters. The molecule has 3 nitrogen and oxygen atoms in total. The second-order valence-electron chi connectivity index (χ2n) is 4.98. The third kappa shape index (κ3) is 3.50. The lowest BCUT2D eigenvalue weighted by Crippen LogP contribution is -2.40. The molecule has 96 valence electrons. The van der Waals surface area contributed by atoms with Crippen molar-refractivity contribution in [2.24, 2.45) is 5.73 Å². The molecule has 1 aromatic heterocycles. The van der Waals surface area contributed by atoms with Crippen LogP contribution in [0, 0.1) is 6.92 Å². The average molecular weight is 253 g/mol. The minimum Gasteiger partial charge on any atom is -0.328 e. The van der Waals surface area contributed by atoms with Crippen LogP contribution in [0.4, 0.5) is 0 Å². The molecule has 0 saturated heterocycles. The van der Waals surface area contributed by atoms with E-state index in [-0.39, 0.29) is 0 Å². The Kier molecular flexibility index (Phi) is 4.54. The van der Waals surface area contributed by atoms with Crippen LogP contribution in [0.3, 0.4) is 0 Å². The Balaban J connectivity index is 1.92. The molecule has 0 radical (unpaired) electrons. The fraction of sp³-hybridized carbons (Fsp3) is 0.769. The highest BCUT2D eigenvalue weighted by molar-refractivity contribution is 7.11. The number of nitrogens with zero attached hydrogens (tertiary/aromatic N) is 2. The van der Waals surface area contributed by atoms with Gasteiger partial charge in [-0.15, -0.1) is 11.3 Å². The van der Waals surface area contributed by atoms with Gasteiger partial charge in [-0.25, -0.2) is 4.98 Å². The summed E-state index contributed by atoms with van der Waals surface area (Å²) in [7, 11) is 0. The molecule has 2 N–H and O–H groups in total. The van der Waals surface area contributed by atoms with Crippen molar-refractivity contribution in [3.8, 4) is 0 Å². The van der Waals surface area contributed by atoms with Crippen molar-refractivity contribution < 1.29 is 0 Å². The van der Waals surface area contributed by atoms with Crippen LogP contribution in [0.25, 0.3) is 0 Å². The SMILES string of the molecule is CCN(Cc1cnc(C)s1)C1CCC(N)CC1. The van der Waals surface area contributed by atoms with E-state index in [0.717, 1.165) is 19.1 Å². The summed E-state index contributed by atoms with van der Waals surface area (Å²) in [6.45, 7) is 6.51. The average Bonchev–Trinajstić information content (AvgIpc) is 2.73. The summed E-state index contributed by atoms with van der Waals surface area (Å²) in [5.74, 6) is 0. The summed E-state index contributed by atoms with van der Waals surface area (Å²) in [6, 6.07) is 1.16. The van der Waals surface area contributed by atoms with Crippen LogP contribution in [-0.2, 0) is 6.54 Å². The van der Waals surface area contributed by atoms with E-state index in [2.05, 4.69) is 23.7 Å². The molecule has 0 spiro atoms. The molecule has 4 heteroatoms. The monoisotopic (exact) mass is 253 g/mol. The van der Waals surface area contributed by atoms with Crippen molar-refractivity contribution in [3.05, 3.63) is 16.1 Å². The van der Waals surface area contributed by atoms with Gasteiger partial charge in [-0.1, -0.05) is 6.92 Å². The van der Waals surface area contributed by atoms with Crippen LogP contribution in [0.2, 0.25) is 0 Å². The van der Waals surface area contributed by atoms with Gasteiger partial charge in [-0.05, 0) is 39.2 Å². The molecule has 1 aliphatic rings. The molecular weight excluding hydrogens is 230 g/mol. The Bertz CT molecular complexity index is 342. The summed E-state index contributed by atoms with van der Waals surface area (Å²) in [4.78, 5) is 8.30. The first-order chi connectivity index (χ1) is 8.19. The summed E-state index contributed by atoms with van der Waals surface area (Å²) >= 11 is 1.82. The third-order valence-corrected chi connectivity index (χ3v) is 4.59. The number of thiazole rings is 1. The molecule has 0 unspecified atom stereocenters. The minimum atomic E-state index is 0.440. The quantitative estimate of drug-likeness (QED) is 0.896. The number of rotatable bonds is 4. The van der Waals surface area contributed by atoms with Crippen molar-refractivity contribution in [2.45, 2.75) is 58.2 Å². The van der Waals surface area contributed by atoms with E-state index in [4.69, 9.17) is 5.73 Å². The van der Waals surface area contributed by atoms with E-state index in [9.17, 15) is 0 Å². The van der Waals surface area contributed by atoms with Gasteiger partial charge in [0.25, 0.3) is 0 Å². The highest BCUT2D eigenvalue weighted by Gasteiger charge is 2.23. The van der Waals surface area contributed by atoms with E-state index >= 15 is 0 Å². The number of hydrogen-bond donors (Lipinski definition) is 1. The van der Waals surface area contributed by atoms with Crippen molar-refractivity contribution in [1.82, 2.24) is 9.88 Å². The van der Waals surface area contributed by atoms with E-state index in [1.54, 1.807) is 0 Å². The highest BCUT2D eigenvalue weighted by Crippen LogP contribution is 2.24. The first-order valence-electron chi connectivity index (χ1n) is 6.60. The van der Waals surface area contributed by atoms with Gasteiger partial charge < -0.3 is 5.73 Å². The number of aryl methyl sites for hydroxylation is 1. The zero-order chi connectivity index (χ0) is 12.3. The van der Waals surface area contributed by atoms with Crippen LogP contribution in [0.1, 0.15) is 42.5 Å². The minimum absolute atomic E-state index is 0.440. The van der Waals surface area contributed by atoms with E-state index in [1.165, 1.54) is 35.6 Å². The lowest BCUT2D eigenvalue weighted by Gasteiger charge is -2.35. The first-order valence-corrected chi connectivity index (χ1v) is 7.41. The Labute approximate surface area is 108 Å². The topological polar surface area (TPSA) is 42.2 Å². The lowest BCUT2D eigenvalue weighted by molar-refractivity contribution is 0.150. The zero-order valence-electron chi connectivity index (χ0n) is 10.9. The van der Waals surface area contributed by atoms with E-state index < -0.39 is 0 Å². The maximum atomic E-state index is 5.97. The molecule has 2 rings (SSSR count). The van der Waals surface area contributed by atoms with Gasteiger partial charge in [0.15, 0.2) is 0 Å². The lowest BCUT2D eigenvalue weighted by atomic mass is 9.91. The predicted molar refractivity (Wildman–Crippen MR) is 73.2 cm³/mol. The van der Waals surface area contributed by atoms with E-state index in [0.29, 0.717) is 6.04 Å². The van der Waals surface area contributed by atoms with Gasteiger partial charge in [-0.3, -0.25) is 4.90 Å². The highest BCUT2D eigenvalue weighted by atomic mass is 32.1. The fourth-order valence-corrected chi connectivity index (χ4v) is 3.47. The second kappa shape index (κ2) is 5.94. The van der Waals surface area contributed by atoms with Crippen molar-refractivity contribution in [1.29, 1.82) is 0 Å². The molecule has 17 heavy (non-hydrogen) atoms. The molecule has 1 aromatic rings. The van der Waals surface area contributed by atoms with Crippen molar-refractivity contribution in [3.63, 3.8) is 0 Å². The van der Waals surface area contributed by atoms with Gasteiger partial charge >= 0.3 is 0 Å². The van der Waals surface area contributed by atoms with Crippen LogP contribution in [0.15, 0.2) is 6.20 Å². The smallest absolute Gasteiger partial charge is 0.0897 e. The predicted octanol–water partition coefficient (Wildman–Crippen LogP) is 2.54. The number of nitrogens with two attached hydrogens (primary N) is 1. The van der Waals surface area contributed by atoms with Gasteiger partial charge in [0.2, 0.25) is 0 Å². The van der Waals surface area contributed by atoms with Crippen LogP contribution in [0.5, 0.6) is 0 Å². The van der Waals surface area contributed by atoms with Gasteiger partial charge in [0.1, 0.15) is 0 Å². The summed E-state index contributed by atoms with van der Waals surface area (Å²) in [6.07, 6.45) is 6.91. The Morgan fingerprint density at radius 3 is 2.65 bits per heavy atom. The standard InChI is InChI=1S/C13H23N3S/c1-3-16(9-13-8-15-10(2)17-13)12-6-4-11(14)5-7-12/h8,11-12H,3-7,9,14H2,1-2H3. The molecule has 0 aliphatic heterocycles. The largest absolute Gasteiger partial charge is 0.328 e. The van der Waals surface area contributed by atoms with Gasteiger partial charge in [0, 0.05) is 29.7 Å². The van der Waals surface area contributed by atoms with Crippen LogP contribution in [-0.4, -0.2) is 28.5 Å². The van der Waals surface area contributed by atoms with Gasteiger partial charge in [-0.2, -0.15) is 0 Å². The zero-order valence-corrected chi connectivity index (χ0v) is 11.7. The van der Waals surface area contributed by atoms with Crippen molar-refractivity contribution in [2.75, 3.05) is 6.54 Å². The van der Waals surface area contributed by atoms with Gasteiger partial charge in [0.05, 0.1) is 5.01 Å². The first kappa shape index (κ1) is 13.0. The maximum Gasteiger partial charge on any atom is 0.0897 e. The molecule has 0 aromatic carbocycles. The molecule has 0 amide bonds. The molecule has 1 heterocycles. The number of hydrogen-bond acceptors (Lipinski definition) is 4. The Morgan fingerprint density at radius 2 is 2.12 bits per heavy atom. The van der Waals surface area contributed by atoms with Crippen LogP contribution >= 0.6 is 11.3 Å². The Morgan fingerprint density at radius 1 is 1.41 bits per heavy atom. The second-order valence-corrected chi connectivity index (χ2v) is 6.30. The van der Waals surface area contributed by atoms with E-state index in [1.807, 2.05) is 17.5 Å². The Hall–Kier alpha value is -0.450. The molecular formula is C13H23N3S. The molecule has 1 saturated carbocycles. The molecule has 0 bridgehead atoms. The summed E-state index contributed by atoms with van der Waals surface area (Å²) in [5.41, 5.74) is 5.97. The third-order valence-electron chi connectivity index (χ3n) is 3.69. The summed E-state index contributed by atoms with van der Waals surface area (Å²) in [5, 5.41) is 1.17. The molecule has 1 aliphatic carbocycles. The maximum absolute atomic E-state index is 5.97. The molecule has 1 fully saturated rings. The fourth-order valence-electron chi connectivity index (χ4n) is 2.64. The summed E-state index contributed by atoms with van der Waals surface area (Å²) < 4.78 is 0.